The van der Waals surface area contributed by atoms with Gasteiger partial charge in [0.15, 0.2) is 12.4 Å². The van der Waals surface area contributed by atoms with E-state index in [1.54, 1.807) is 11.9 Å². The third-order valence-corrected chi connectivity index (χ3v) is 6.46. The lowest BCUT2D eigenvalue weighted by molar-refractivity contribution is -0.153. The van der Waals surface area contributed by atoms with Crippen LogP contribution in [0.3, 0.4) is 0 Å². The fraction of sp³-hybridized carbons (Fsp3) is 0.310. The Bertz CT molecular complexity index is 1620. The van der Waals surface area contributed by atoms with Crippen molar-refractivity contribution in [3.63, 3.8) is 0 Å². The number of pyridine rings is 1. The molecule has 0 radical (unpaired) electrons. The molecule has 0 unspecified atom stereocenters. The molecule has 1 aromatic carbocycles. The molecule has 14 heteroatoms. The minimum atomic E-state index is -4.63. The van der Waals surface area contributed by atoms with Crippen LogP contribution in [-0.2, 0) is 18.4 Å². The van der Waals surface area contributed by atoms with Crippen molar-refractivity contribution in [2.75, 3.05) is 56.4 Å². The number of para-hydroxylation sites is 1. The van der Waals surface area contributed by atoms with Gasteiger partial charge in [-0.1, -0.05) is 24.8 Å². The first-order valence-electron chi connectivity index (χ1n) is 13.2. The van der Waals surface area contributed by atoms with E-state index in [0.717, 1.165) is 22.5 Å². The summed E-state index contributed by atoms with van der Waals surface area (Å²) in [6, 6.07) is 9.07. The summed E-state index contributed by atoms with van der Waals surface area (Å²) in [5.41, 5.74) is 2.74. The van der Waals surface area contributed by atoms with Crippen LogP contribution in [0.1, 0.15) is 5.56 Å². The molecule has 0 fully saturated rings. The summed E-state index contributed by atoms with van der Waals surface area (Å²) in [6.45, 7) is 2.59. The Morgan fingerprint density at radius 2 is 1.91 bits per heavy atom. The lowest BCUT2D eigenvalue weighted by Gasteiger charge is -2.25. The second-order valence-corrected chi connectivity index (χ2v) is 10.1. The average molecular weight is 599 g/mol. The molecule has 3 heterocycles. The molecule has 3 aromatic heterocycles. The minimum Gasteiger partial charge on any atom is -0.466 e. The van der Waals surface area contributed by atoms with Crippen LogP contribution >= 0.6 is 0 Å². The number of aliphatic hydroxyl groups is 1. The van der Waals surface area contributed by atoms with Gasteiger partial charge in [0, 0.05) is 61.6 Å². The van der Waals surface area contributed by atoms with E-state index in [0.29, 0.717) is 24.3 Å². The fourth-order valence-electron chi connectivity index (χ4n) is 4.33. The number of benzene rings is 1. The summed E-state index contributed by atoms with van der Waals surface area (Å²) >= 11 is 0. The first-order chi connectivity index (χ1) is 20.4. The molecule has 0 saturated carbocycles. The number of hydrogen-bond acceptors (Lipinski definition) is 9. The van der Waals surface area contributed by atoms with Crippen molar-refractivity contribution in [1.82, 2.24) is 24.4 Å². The molecule has 0 bridgehead atoms. The van der Waals surface area contributed by atoms with Gasteiger partial charge in [0.25, 0.3) is 0 Å². The van der Waals surface area contributed by atoms with Crippen LogP contribution in [0.4, 0.5) is 36.3 Å². The quantitative estimate of drug-likeness (QED) is 0.205. The maximum Gasteiger partial charge on any atom is 0.422 e. The molecule has 0 atom stereocenters. The van der Waals surface area contributed by atoms with Crippen LogP contribution in [0, 0.1) is 0 Å². The van der Waals surface area contributed by atoms with Crippen LogP contribution in [0.25, 0.3) is 22.2 Å². The van der Waals surface area contributed by atoms with Gasteiger partial charge in [0.05, 0.1) is 18.0 Å². The Balaban J connectivity index is 1.81. The van der Waals surface area contributed by atoms with Crippen LogP contribution < -0.4 is 20.3 Å². The highest BCUT2D eigenvalue weighted by Crippen LogP contribution is 2.37. The van der Waals surface area contributed by atoms with E-state index in [-0.39, 0.29) is 35.6 Å². The number of hydrogen-bond donors (Lipinski definition) is 3. The second-order valence-electron chi connectivity index (χ2n) is 10.1. The van der Waals surface area contributed by atoms with Crippen molar-refractivity contribution in [3.8, 4) is 17.1 Å². The lowest BCUT2D eigenvalue weighted by Crippen LogP contribution is -2.30. The standard InChI is InChI=1S/C29H33F3N8O3/c1-6-24(42)34-21-13-22(27(43-17-29(30,31)32)37-26(21)39(4)12-11-38(2)3)35-28-33-14-18(16-41)25(36-28)20-15-40(5)23-10-8-7-9-19(20)23/h6-10,13-15,41H,1,11-12,16-17H2,2-5H3,(H,34,42)(H,33,35,36). The van der Waals surface area contributed by atoms with E-state index in [1.165, 1.54) is 12.3 Å². The fourth-order valence-corrected chi connectivity index (χ4v) is 4.33. The number of aryl methyl sites for hydroxylation is 1. The van der Waals surface area contributed by atoms with Crippen LogP contribution in [-0.4, -0.2) is 82.4 Å². The zero-order valence-electron chi connectivity index (χ0n) is 24.2. The Labute approximate surface area is 246 Å². The number of nitrogens with zero attached hydrogens (tertiary/aromatic N) is 6. The number of alkyl halides is 3. The number of carbonyl (C=O) groups is 1. The van der Waals surface area contributed by atoms with Gasteiger partial charge in [-0.05, 0) is 32.3 Å². The molecule has 4 aromatic rings. The van der Waals surface area contributed by atoms with Gasteiger partial charge in [-0.2, -0.15) is 18.2 Å². The van der Waals surface area contributed by atoms with Crippen molar-refractivity contribution in [3.05, 3.63) is 60.9 Å². The molecule has 1 amide bonds. The first kappa shape index (κ1) is 31.3. The normalized spacial score (nSPS) is 11.6. The monoisotopic (exact) mass is 598 g/mol. The molecule has 228 valence electrons. The van der Waals surface area contributed by atoms with E-state index >= 15 is 0 Å². The number of aromatic nitrogens is 4. The topological polar surface area (TPSA) is 121 Å². The first-order valence-corrected chi connectivity index (χ1v) is 13.2. The van der Waals surface area contributed by atoms with Gasteiger partial charge >= 0.3 is 6.18 Å². The highest BCUT2D eigenvalue weighted by Gasteiger charge is 2.30. The maximum atomic E-state index is 13.2. The van der Waals surface area contributed by atoms with Crippen molar-refractivity contribution in [2.24, 2.45) is 7.05 Å². The molecule has 0 aliphatic rings. The zero-order valence-corrected chi connectivity index (χ0v) is 24.2. The van der Waals surface area contributed by atoms with Crippen molar-refractivity contribution < 1.29 is 27.8 Å². The van der Waals surface area contributed by atoms with Gasteiger partial charge in [0.1, 0.15) is 5.69 Å². The van der Waals surface area contributed by atoms with Crippen molar-refractivity contribution >= 4 is 40.0 Å². The summed E-state index contributed by atoms with van der Waals surface area (Å²) in [6.07, 6.45) is -0.263. The average Bonchev–Trinajstić information content (AvgIpc) is 3.31. The van der Waals surface area contributed by atoms with Crippen molar-refractivity contribution in [1.29, 1.82) is 0 Å². The Hall–Kier alpha value is -4.69. The number of ether oxygens (including phenoxy) is 1. The highest BCUT2D eigenvalue weighted by atomic mass is 19.4. The molecule has 0 saturated heterocycles. The number of anilines is 4. The number of fused-ring (bicyclic) bond motifs is 1. The van der Waals surface area contributed by atoms with Gasteiger partial charge in [0.2, 0.25) is 17.7 Å². The number of likely N-dealkylation sites (N-methyl/N-ethyl adjacent to an activating group) is 2. The SMILES string of the molecule is C=CC(=O)Nc1cc(Nc2ncc(CO)c(-c3cn(C)c4ccccc34)n2)c(OCC(F)(F)F)nc1N(C)CCN(C)C. The van der Waals surface area contributed by atoms with Crippen LogP contribution in [0.15, 0.2) is 55.4 Å². The summed E-state index contributed by atoms with van der Waals surface area (Å²) in [7, 11) is 7.34. The highest BCUT2D eigenvalue weighted by molar-refractivity contribution is 6.01. The summed E-state index contributed by atoms with van der Waals surface area (Å²) in [5, 5.41) is 16.5. The van der Waals surface area contributed by atoms with E-state index in [1.807, 2.05) is 61.1 Å². The van der Waals surface area contributed by atoms with Crippen LogP contribution in [0.5, 0.6) is 5.88 Å². The molecule has 3 N–H and O–H groups in total. The van der Waals surface area contributed by atoms with E-state index < -0.39 is 18.7 Å². The third-order valence-electron chi connectivity index (χ3n) is 6.46. The number of halogens is 3. The molecule has 43 heavy (non-hydrogen) atoms. The Morgan fingerprint density at radius 1 is 1.16 bits per heavy atom. The van der Waals surface area contributed by atoms with Gasteiger partial charge in [-0.3, -0.25) is 4.79 Å². The van der Waals surface area contributed by atoms with E-state index in [9.17, 15) is 23.1 Å². The third kappa shape index (κ3) is 7.59. The smallest absolute Gasteiger partial charge is 0.422 e. The van der Waals surface area contributed by atoms with Gasteiger partial charge in [-0.25, -0.2) is 9.97 Å². The van der Waals surface area contributed by atoms with E-state index in [2.05, 4.69) is 32.2 Å². The molecule has 4 rings (SSSR count). The largest absolute Gasteiger partial charge is 0.466 e. The van der Waals surface area contributed by atoms with Gasteiger partial charge in [-0.15, -0.1) is 0 Å². The van der Waals surface area contributed by atoms with Gasteiger partial charge < -0.3 is 34.8 Å². The molecular weight excluding hydrogens is 565 g/mol. The minimum absolute atomic E-state index is 0.00787. The number of amides is 1. The predicted molar refractivity (Wildman–Crippen MR) is 160 cm³/mol. The molecule has 11 nitrogen and oxygen atoms in total. The molecule has 0 aliphatic carbocycles. The number of nitrogens with one attached hydrogen (secondary N) is 2. The maximum absolute atomic E-state index is 13.2. The zero-order chi connectivity index (χ0) is 31.3. The summed E-state index contributed by atoms with van der Waals surface area (Å²) < 4.78 is 46.7. The summed E-state index contributed by atoms with van der Waals surface area (Å²) in [4.78, 5) is 29.1. The van der Waals surface area contributed by atoms with Crippen LogP contribution in [0.2, 0.25) is 0 Å². The molecule has 0 spiro atoms. The predicted octanol–water partition coefficient (Wildman–Crippen LogP) is 4.33. The summed E-state index contributed by atoms with van der Waals surface area (Å²) in [5.74, 6) is -0.718. The second kappa shape index (κ2) is 13.1. The number of carbonyl (C=O) groups excluding carboxylic acids is 1. The lowest BCUT2D eigenvalue weighted by atomic mass is 10.1. The Kier molecular flexibility index (Phi) is 9.51. The van der Waals surface area contributed by atoms with E-state index in [4.69, 9.17) is 4.74 Å². The number of rotatable bonds is 12. The molecule has 0 aliphatic heterocycles. The van der Waals surface area contributed by atoms with Crippen molar-refractivity contribution in [2.45, 2.75) is 12.8 Å². The Morgan fingerprint density at radius 3 is 2.58 bits per heavy atom. The number of aliphatic hydroxyl groups excluding tert-OH is 1. The molecular formula is C29H33F3N8O3.